The van der Waals surface area contributed by atoms with Crippen molar-refractivity contribution in [3.63, 3.8) is 0 Å². The minimum atomic E-state index is 0.203. The Labute approximate surface area is 102 Å². The van der Waals surface area contributed by atoms with E-state index in [1.807, 2.05) is 19.2 Å². The van der Waals surface area contributed by atoms with E-state index < -0.39 is 0 Å². The van der Waals surface area contributed by atoms with E-state index in [1.54, 1.807) is 0 Å². The highest BCUT2D eigenvalue weighted by atomic mass is 16.6. The second-order valence-electron chi connectivity index (χ2n) is 4.75. The van der Waals surface area contributed by atoms with Gasteiger partial charge in [0.15, 0.2) is 0 Å². The normalized spacial score (nSPS) is 16.0. The molecule has 2 heterocycles. The smallest absolute Gasteiger partial charge is 0.145 e. The van der Waals surface area contributed by atoms with E-state index in [1.165, 1.54) is 0 Å². The van der Waals surface area contributed by atoms with E-state index in [2.05, 4.69) is 24.1 Å². The first kappa shape index (κ1) is 12.3. The molecule has 1 aliphatic rings. The number of nitrogens with zero attached hydrogens (tertiary/aromatic N) is 1. The van der Waals surface area contributed by atoms with E-state index in [-0.39, 0.29) is 6.10 Å². The minimum Gasteiger partial charge on any atom is -0.485 e. The molecule has 0 aliphatic carbocycles. The number of pyridine rings is 1. The molecule has 94 valence electrons. The van der Waals surface area contributed by atoms with E-state index in [4.69, 9.17) is 9.47 Å². The first-order valence-electron chi connectivity index (χ1n) is 6.08. The molecule has 0 radical (unpaired) electrons. The summed E-state index contributed by atoms with van der Waals surface area (Å²) in [6.45, 7) is 8.40. The van der Waals surface area contributed by atoms with Crippen molar-refractivity contribution < 1.29 is 9.47 Å². The standard InChI is InChI=1S/C13H20N2O2/c1-9(2)14-5-11-6-15-10(3)4-13(11)17-12-7-16-8-12/h4,6,9,12,14H,5,7-8H2,1-3H3. The Hall–Kier alpha value is -1.13. The summed E-state index contributed by atoms with van der Waals surface area (Å²) in [6, 6.07) is 2.45. The summed E-state index contributed by atoms with van der Waals surface area (Å²) in [5.74, 6) is 0.930. The fourth-order valence-electron chi connectivity index (χ4n) is 1.58. The van der Waals surface area contributed by atoms with Gasteiger partial charge in [0.2, 0.25) is 0 Å². The Morgan fingerprint density at radius 1 is 1.53 bits per heavy atom. The summed E-state index contributed by atoms with van der Waals surface area (Å²) in [4.78, 5) is 4.32. The van der Waals surface area contributed by atoms with Gasteiger partial charge in [0, 0.05) is 36.1 Å². The lowest BCUT2D eigenvalue weighted by molar-refractivity contribution is -0.0800. The predicted octanol–water partition coefficient (Wildman–Crippen LogP) is 1.67. The van der Waals surface area contributed by atoms with Crippen LogP contribution in [0.1, 0.15) is 25.1 Å². The third-order valence-electron chi connectivity index (χ3n) is 2.68. The number of ether oxygens (including phenoxy) is 2. The zero-order chi connectivity index (χ0) is 12.3. The highest BCUT2D eigenvalue weighted by molar-refractivity contribution is 5.33. The van der Waals surface area contributed by atoms with Gasteiger partial charge in [0.05, 0.1) is 13.2 Å². The molecular formula is C13H20N2O2. The molecule has 0 aromatic carbocycles. The van der Waals surface area contributed by atoms with Crippen molar-refractivity contribution in [2.24, 2.45) is 0 Å². The molecule has 1 N–H and O–H groups in total. The lowest BCUT2D eigenvalue weighted by Gasteiger charge is -2.28. The summed E-state index contributed by atoms with van der Waals surface area (Å²) in [5.41, 5.74) is 2.09. The number of hydrogen-bond donors (Lipinski definition) is 1. The Balaban J connectivity index is 2.06. The van der Waals surface area contributed by atoms with Crippen molar-refractivity contribution in [3.05, 3.63) is 23.5 Å². The average molecular weight is 236 g/mol. The average Bonchev–Trinajstić information content (AvgIpc) is 2.22. The third-order valence-corrected chi connectivity index (χ3v) is 2.68. The van der Waals surface area contributed by atoms with Crippen LogP contribution in [0.2, 0.25) is 0 Å². The number of hydrogen-bond acceptors (Lipinski definition) is 4. The van der Waals surface area contributed by atoms with Crippen LogP contribution in [0, 0.1) is 6.92 Å². The van der Waals surface area contributed by atoms with Crippen LogP contribution in [0.4, 0.5) is 0 Å². The van der Waals surface area contributed by atoms with Crippen molar-refractivity contribution in [2.45, 2.75) is 39.5 Å². The lowest BCUT2D eigenvalue weighted by atomic mass is 10.2. The molecular weight excluding hydrogens is 216 g/mol. The lowest BCUT2D eigenvalue weighted by Crippen LogP contribution is -2.39. The molecule has 1 saturated heterocycles. The van der Waals surface area contributed by atoms with Crippen LogP contribution in [0.25, 0.3) is 0 Å². The molecule has 2 rings (SSSR count). The topological polar surface area (TPSA) is 43.4 Å². The Kier molecular flexibility index (Phi) is 3.97. The summed E-state index contributed by atoms with van der Waals surface area (Å²) in [6.07, 6.45) is 2.09. The van der Waals surface area contributed by atoms with Gasteiger partial charge in [-0.25, -0.2) is 0 Å². The highest BCUT2D eigenvalue weighted by Gasteiger charge is 2.21. The molecule has 1 fully saturated rings. The van der Waals surface area contributed by atoms with Crippen LogP contribution >= 0.6 is 0 Å². The van der Waals surface area contributed by atoms with Crippen molar-refractivity contribution in [3.8, 4) is 5.75 Å². The largest absolute Gasteiger partial charge is 0.485 e. The van der Waals surface area contributed by atoms with Crippen molar-refractivity contribution >= 4 is 0 Å². The number of rotatable bonds is 5. The van der Waals surface area contributed by atoms with Crippen LogP contribution in [0.15, 0.2) is 12.3 Å². The summed E-state index contributed by atoms with van der Waals surface area (Å²) in [5, 5.41) is 3.38. The van der Waals surface area contributed by atoms with E-state index in [0.717, 1.165) is 23.6 Å². The van der Waals surface area contributed by atoms with E-state index in [0.29, 0.717) is 19.3 Å². The van der Waals surface area contributed by atoms with Crippen molar-refractivity contribution in [1.29, 1.82) is 0 Å². The highest BCUT2D eigenvalue weighted by Crippen LogP contribution is 2.22. The molecule has 4 nitrogen and oxygen atoms in total. The molecule has 0 saturated carbocycles. The number of aryl methyl sites for hydroxylation is 1. The maximum Gasteiger partial charge on any atom is 0.145 e. The van der Waals surface area contributed by atoms with Gasteiger partial charge in [-0.3, -0.25) is 4.98 Å². The van der Waals surface area contributed by atoms with Crippen molar-refractivity contribution in [1.82, 2.24) is 10.3 Å². The molecule has 0 spiro atoms. The van der Waals surface area contributed by atoms with Gasteiger partial charge < -0.3 is 14.8 Å². The number of nitrogens with one attached hydrogen (secondary N) is 1. The zero-order valence-corrected chi connectivity index (χ0v) is 10.7. The monoisotopic (exact) mass is 236 g/mol. The van der Waals surface area contributed by atoms with Crippen LogP contribution in [-0.4, -0.2) is 30.3 Å². The van der Waals surface area contributed by atoms with Gasteiger partial charge in [-0.15, -0.1) is 0 Å². The minimum absolute atomic E-state index is 0.203. The number of aromatic nitrogens is 1. The zero-order valence-electron chi connectivity index (χ0n) is 10.7. The molecule has 1 aliphatic heterocycles. The van der Waals surface area contributed by atoms with Crippen molar-refractivity contribution in [2.75, 3.05) is 13.2 Å². The molecule has 0 atom stereocenters. The molecule has 1 aromatic rings. The first-order valence-corrected chi connectivity index (χ1v) is 6.08. The molecule has 0 bridgehead atoms. The van der Waals surface area contributed by atoms with Gasteiger partial charge in [-0.1, -0.05) is 13.8 Å². The summed E-state index contributed by atoms with van der Waals surface area (Å²) < 4.78 is 11.0. The van der Waals surface area contributed by atoms with E-state index >= 15 is 0 Å². The van der Waals surface area contributed by atoms with Crippen LogP contribution in [0.3, 0.4) is 0 Å². The molecule has 0 amide bonds. The van der Waals surface area contributed by atoms with Crippen LogP contribution in [-0.2, 0) is 11.3 Å². The molecule has 0 unspecified atom stereocenters. The van der Waals surface area contributed by atoms with E-state index in [9.17, 15) is 0 Å². The quantitative estimate of drug-likeness (QED) is 0.844. The summed E-state index contributed by atoms with van der Waals surface area (Å²) in [7, 11) is 0. The molecule has 1 aromatic heterocycles. The fraction of sp³-hybridized carbons (Fsp3) is 0.615. The van der Waals surface area contributed by atoms with Crippen LogP contribution < -0.4 is 10.1 Å². The molecule has 4 heteroatoms. The molecule has 17 heavy (non-hydrogen) atoms. The maximum atomic E-state index is 5.89. The Morgan fingerprint density at radius 2 is 2.29 bits per heavy atom. The first-order chi connectivity index (χ1) is 8.15. The van der Waals surface area contributed by atoms with Gasteiger partial charge in [-0.05, 0) is 6.92 Å². The van der Waals surface area contributed by atoms with Crippen LogP contribution in [0.5, 0.6) is 5.75 Å². The predicted molar refractivity (Wildman–Crippen MR) is 66.2 cm³/mol. The fourth-order valence-corrected chi connectivity index (χ4v) is 1.58. The summed E-state index contributed by atoms with van der Waals surface area (Å²) >= 11 is 0. The Morgan fingerprint density at radius 3 is 2.88 bits per heavy atom. The van der Waals surface area contributed by atoms with Gasteiger partial charge in [0.25, 0.3) is 0 Å². The Bertz CT molecular complexity index is 376. The second-order valence-corrected chi connectivity index (χ2v) is 4.75. The maximum absolute atomic E-state index is 5.89. The SMILES string of the molecule is Cc1cc(OC2COC2)c(CNC(C)C)cn1. The van der Waals surface area contributed by atoms with Gasteiger partial charge in [-0.2, -0.15) is 0 Å². The third kappa shape index (κ3) is 3.41. The van der Waals surface area contributed by atoms with Gasteiger partial charge >= 0.3 is 0 Å². The van der Waals surface area contributed by atoms with Gasteiger partial charge in [0.1, 0.15) is 11.9 Å². The second kappa shape index (κ2) is 5.47.